The number of halogens is 2. The van der Waals surface area contributed by atoms with E-state index < -0.39 is 21.7 Å². The molecule has 0 spiro atoms. The van der Waals surface area contributed by atoms with Crippen LogP contribution in [0.3, 0.4) is 0 Å². The van der Waals surface area contributed by atoms with E-state index in [0.717, 1.165) is 6.07 Å². The van der Waals surface area contributed by atoms with Crippen LogP contribution in [0.5, 0.6) is 5.75 Å². The highest BCUT2D eigenvalue weighted by molar-refractivity contribution is 7.88. The minimum atomic E-state index is -3.20. The van der Waals surface area contributed by atoms with Gasteiger partial charge in [0.2, 0.25) is 10.0 Å². The van der Waals surface area contributed by atoms with Gasteiger partial charge in [0.25, 0.3) is 0 Å². The lowest BCUT2D eigenvalue weighted by Crippen LogP contribution is -2.38. The molecule has 3 N–H and O–H groups in total. The van der Waals surface area contributed by atoms with Crippen molar-refractivity contribution in [1.82, 2.24) is 14.3 Å². The fourth-order valence-electron chi connectivity index (χ4n) is 4.07. The van der Waals surface area contributed by atoms with Crippen molar-refractivity contribution >= 4 is 32.8 Å². The van der Waals surface area contributed by atoms with E-state index in [2.05, 4.69) is 15.0 Å². The number of pyridine rings is 1. The molecule has 1 fully saturated rings. The van der Waals surface area contributed by atoms with E-state index in [9.17, 15) is 17.2 Å². The normalized spacial score (nSPS) is 16.5. The molecule has 0 bridgehead atoms. The molecule has 3 heterocycles. The summed E-state index contributed by atoms with van der Waals surface area (Å²) in [7, 11) is -1.87. The number of aromatic amines is 1. The number of hydrogen-bond donors (Lipinski definition) is 2. The maximum atomic E-state index is 14.3. The summed E-state index contributed by atoms with van der Waals surface area (Å²) in [6.45, 7) is 0.851. The van der Waals surface area contributed by atoms with Crippen LogP contribution in [0.2, 0.25) is 0 Å². The third kappa shape index (κ3) is 4.80. The molecule has 0 atom stereocenters. The quantitative estimate of drug-likeness (QED) is 0.516. The van der Waals surface area contributed by atoms with Crippen molar-refractivity contribution in [2.75, 3.05) is 26.5 Å². The largest absolute Gasteiger partial charge is 0.493 e. The zero-order chi connectivity index (χ0) is 24.5. The van der Waals surface area contributed by atoms with Crippen LogP contribution in [0.15, 0.2) is 41.8 Å². The Morgan fingerprint density at radius 1 is 1.26 bits per heavy atom. The SMILES string of the molecule is COc1c(F)cc(F)cc1-c1c[nH]c2ncc(C(C=NC3CCN(S(C)(=O)=O)CC3)=CN)cc12. The van der Waals surface area contributed by atoms with Gasteiger partial charge in [-0.2, -0.15) is 0 Å². The van der Waals surface area contributed by atoms with Crippen molar-refractivity contribution in [2.24, 2.45) is 10.7 Å². The van der Waals surface area contributed by atoms with Gasteiger partial charge < -0.3 is 15.5 Å². The first-order valence-corrected chi connectivity index (χ1v) is 12.5. The Bertz CT molecular complexity index is 1380. The molecule has 34 heavy (non-hydrogen) atoms. The van der Waals surface area contributed by atoms with E-state index in [1.807, 2.05) is 6.07 Å². The molecule has 11 heteroatoms. The van der Waals surface area contributed by atoms with Gasteiger partial charge in [-0.05, 0) is 25.0 Å². The van der Waals surface area contributed by atoms with E-state index >= 15 is 0 Å². The number of hydrogen-bond acceptors (Lipinski definition) is 6. The van der Waals surface area contributed by atoms with Gasteiger partial charge in [-0.1, -0.05) is 0 Å². The summed E-state index contributed by atoms with van der Waals surface area (Å²) in [5, 5.41) is 0.634. The van der Waals surface area contributed by atoms with E-state index in [4.69, 9.17) is 10.5 Å². The predicted octanol–water partition coefficient (Wildman–Crippen LogP) is 3.31. The van der Waals surface area contributed by atoms with Gasteiger partial charge in [-0.15, -0.1) is 0 Å². The van der Waals surface area contributed by atoms with E-state index in [0.29, 0.717) is 53.7 Å². The summed E-state index contributed by atoms with van der Waals surface area (Å²) in [6.07, 6.45) is 8.75. The van der Waals surface area contributed by atoms with Gasteiger partial charge in [-0.25, -0.2) is 26.5 Å². The standard InChI is InChI=1S/C23H25F2N5O3S/c1-33-22-18(8-16(24)9-21(22)25)20-13-29-23-19(20)7-14(11-28-23)15(10-26)12-27-17-3-5-30(6-4-17)34(2,31)32/h7-13,17H,3-6,26H2,1-2H3,(H,28,29). The van der Waals surface area contributed by atoms with Gasteiger partial charge in [0.15, 0.2) is 11.6 Å². The van der Waals surface area contributed by atoms with Crippen LogP contribution in [0.25, 0.3) is 27.7 Å². The number of benzene rings is 1. The zero-order valence-electron chi connectivity index (χ0n) is 18.8. The first-order valence-electron chi connectivity index (χ1n) is 10.6. The Hall–Kier alpha value is -3.31. The minimum absolute atomic E-state index is 0.0213. The molecular weight excluding hydrogens is 464 g/mol. The van der Waals surface area contributed by atoms with Crippen LogP contribution >= 0.6 is 0 Å². The summed E-state index contributed by atoms with van der Waals surface area (Å²) in [5.74, 6) is -1.58. The lowest BCUT2D eigenvalue weighted by atomic mass is 10.0. The molecule has 0 aliphatic carbocycles. The molecule has 8 nitrogen and oxygen atoms in total. The lowest BCUT2D eigenvalue weighted by Gasteiger charge is -2.28. The summed E-state index contributed by atoms with van der Waals surface area (Å²) in [4.78, 5) is 12.0. The third-order valence-corrected chi connectivity index (χ3v) is 7.17. The molecule has 4 rings (SSSR count). The smallest absolute Gasteiger partial charge is 0.211 e. The molecule has 1 saturated heterocycles. The van der Waals surface area contributed by atoms with Crippen LogP contribution in [0.4, 0.5) is 8.78 Å². The van der Waals surface area contributed by atoms with Crippen LogP contribution < -0.4 is 10.5 Å². The average molecular weight is 490 g/mol. The predicted molar refractivity (Wildman–Crippen MR) is 128 cm³/mol. The average Bonchev–Trinajstić information content (AvgIpc) is 3.22. The van der Waals surface area contributed by atoms with Gasteiger partial charge in [-0.3, -0.25) is 4.99 Å². The number of nitrogens with one attached hydrogen (secondary N) is 1. The highest BCUT2D eigenvalue weighted by Gasteiger charge is 2.24. The second-order valence-electron chi connectivity index (χ2n) is 8.08. The van der Waals surface area contributed by atoms with Crippen LogP contribution in [0.1, 0.15) is 18.4 Å². The fraction of sp³-hybridized carbons (Fsp3) is 0.304. The van der Waals surface area contributed by atoms with Crippen molar-refractivity contribution in [1.29, 1.82) is 0 Å². The maximum Gasteiger partial charge on any atom is 0.211 e. The van der Waals surface area contributed by atoms with Gasteiger partial charge >= 0.3 is 0 Å². The molecule has 0 saturated carbocycles. The Labute approximate surface area is 196 Å². The van der Waals surface area contributed by atoms with E-state index in [1.165, 1.54) is 29.9 Å². The Kier molecular flexibility index (Phi) is 6.67. The number of rotatable bonds is 6. The van der Waals surface area contributed by atoms with Crippen molar-refractivity contribution in [3.05, 3.63) is 54.0 Å². The summed E-state index contributed by atoms with van der Waals surface area (Å²) in [5.41, 5.74) is 8.47. The number of ether oxygens (including phenoxy) is 1. The minimum Gasteiger partial charge on any atom is -0.493 e. The summed E-state index contributed by atoms with van der Waals surface area (Å²) >= 11 is 0. The first kappa shape index (κ1) is 23.8. The number of nitrogens with two attached hydrogens (primary N) is 1. The lowest BCUT2D eigenvalue weighted by molar-refractivity contribution is 0.323. The second-order valence-corrected chi connectivity index (χ2v) is 10.1. The molecule has 1 aliphatic rings. The number of aliphatic imine (C=N–C) groups is 1. The van der Waals surface area contributed by atoms with Crippen molar-refractivity contribution in [3.63, 3.8) is 0 Å². The van der Waals surface area contributed by atoms with Crippen molar-refractivity contribution in [2.45, 2.75) is 18.9 Å². The topological polar surface area (TPSA) is 114 Å². The zero-order valence-corrected chi connectivity index (χ0v) is 19.6. The number of nitrogens with zero attached hydrogens (tertiary/aromatic N) is 3. The van der Waals surface area contributed by atoms with Crippen LogP contribution in [0, 0.1) is 11.6 Å². The molecule has 1 aliphatic heterocycles. The summed E-state index contributed by atoms with van der Waals surface area (Å²) < 4.78 is 58.2. The Morgan fingerprint density at radius 3 is 2.65 bits per heavy atom. The van der Waals surface area contributed by atoms with Gasteiger partial charge in [0, 0.05) is 71.6 Å². The molecule has 1 aromatic carbocycles. The Morgan fingerprint density at radius 2 is 2.00 bits per heavy atom. The number of fused-ring (bicyclic) bond motifs is 1. The Balaban J connectivity index is 1.62. The molecule has 2 aromatic heterocycles. The molecule has 0 amide bonds. The number of sulfonamides is 1. The number of methoxy groups -OCH3 is 1. The number of allylic oxidation sites excluding steroid dienone is 1. The second kappa shape index (κ2) is 9.51. The highest BCUT2D eigenvalue weighted by atomic mass is 32.2. The molecule has 0 radical (unpaired) electrons. The highest BCUT2D eigenvalue weighted by Crippen LogP contribution is 2.37. The fourth-order valence-corrected chi connectivity index (χ4v) is 4.95. The van der Waals surface area contributed by atoms with Crippen LogP contribution in [-0.2, 0) is 10.0 Å². The van der Waals surface area contributed by atoms with E-state index in [1.54, 1.807) is 18.6 Å². The van der Waals surface area contributed by atoms with Crippen LogP contribution in [-0.4, -0.2) is 61.4 Å². The van der Waals surface area contributed by atoms with E-state index in [-0.39, 0.29) is 17.4 Å². The number of aromatic nitrogens is 2. The third-order valence-electron chi connectivity index (χ3n) is 5.86. The monoisotopic (exact) mass is 489 g/mol. The van der Waals surface area contributed by atoms with Crippen molar-refractivity contribution in [3.8, 4) is 16.9 Å². The molecule has 180 valence electrons. The van der Waals surface area contributed by atoms with Crippen molar-refractivity contribution < 1.29 is 21.9 Å². The number of piperidine rings is 1. The molecular formula is C23H25F2N5O3S. The first-order chi connectivity index (χ1) is 16.2. The number of H-pyrrole nitrogens is 1. The molecule has 3 aromatic rings. The van der Waals surface area contributed by atoms with Gasteiger partial charge in [0.1, 0.15) is 11.5 Å². The maximum absolute atomic E-state index is 14.3. The summed E-state index contributed by atoms with van der Waals surface area (Å²) in [6, 6.07) is 3.77. The van der Waals surface area contributed by atoms with Gasteiger partial charge in [0.05, 0.1) is 19.4 Å². The molecule has 0 unspecified atom stereocenters.